The second-order valence-electron chi connectivity index (χ2n) is 14.4. The molecule has 0 aliphatic rings. The van der Waals surface area contributed by atoms with E-state index in [0.717, 1.165) is 55.3 Å². The maximum absolute atomic E-state index is 5.42. The summed E-state index contributed by atoms with van der Waals surface area (Å²) in [6, 6.07) is 71.2. The Kier molecular flexibility index (Phi) is 8.01. The van der Waals surface area contributed by atoms with Crippen molar-refractivity contribution in [1.29, 1.82) is 0 Å². The van der Waals surface area contributed by atoms with Gasteiger partial charge in [-0.05, 0) is 91.3 Å². The van der Waals surface area contributed by atoms with Crippen molar-refractivity contribution >= 4 is 53.1 Å². The van der Waals surface area contributed by atoms with Crippen molar-refractivity contribution in [2.75, 3.05) is 0 Å². The summed E-state index contributed by atoms with van der Waals surface area (Å²) < 4.78 is 2.43. The molecule has 0 unspecified atom stereocenters. The molecule has 0 saturated carbocycles. The number of nitrogens with zero attached hydrogens (tertiary/aromatic N) is 3. The molecule has 0 amide bonds. The Morgan fingerprint density at radius 1 is 0.298 bits per heavy atom. The fraction of sp³-hybridized carbons (Fsp3) is 0. The quantitative estimate of drug-likeness (QED) is 0.170. The fourth-order valence-corrected chi connectivity index (χ4v) is 9.18. The van der Waals surface area contributed by atoms with Gasteiger partial charge in [0.2, 0.25) is 0 Å². The highest BCUT2D eigenvalue weighted by molar-refractivity contribution is 7.26. The first-order valence-electron chi connectivity index (χ1n) is 19.2. The highest BCUT2D eigenvalue weighted by Crippen LogP contribution is 2.45. The lowest BCUT2D eigenvalue weighted by Crippen LogP contribution is -2.02. The van der Waals surface area contributed by atoms with Gasteiger partial charge in [0.25, 0.3) is 0 Å². The number of rotatable bonds is 6. The second kappa shape index (κ2) is 13.8. The van der Waals surface area contributed by atoms with Gasteiger partial charge in [-0.1, -0.05) is 164 Å². The Balaban J connectivity index is 1.17. The average Bonchev–Trinajstić information content (AvgIpc) is 3.67. The van der Waals surface area contributed by atoms with E-state index in [2.05, 4.69) is 194 Å². The van der Waals surface area contributed by atoms with Crippen LogP contribution in [0.15, 0.2) is 200 Å². The van der Waals surface area contributed by atoms with Crippen LogP contribution in [0, 0.1) is 0 Å². The summed E-state index contributed by atoms with van der Waals surface area (Å²) in [5, 5.41) is 7.12. The summed E-state index contributed by atoms with van der Waals surface area (Å²) in [5.41, 5.74) is 9.66. The van der Waals surface area contributed by atoms with E-state index in [4.69, 9.17) is 15.0 Å². The van der Waals surface area contributed by atoms with Gasteiger partial charge in [0.05, 0.1) is 0 Å². The molecule has 0 fully saturated rings. The maximum atomic E-state index is 5.42. The number of hydrogen-bond acceptors (Lipinski definition) is 4. The fourth-order valence-electron chi connectivity index (χ4n) is 8.07. The van der Waals surface area contributed by atoms with E-state index in [1.54, 1.807) is 11.3 Å². The molecule has 2 aromatic heterocycles. The van der Waals surface area contributed by atoms with Crippen molar-refractivity contribution in [2.24, 2.45) is 0 Å². The Labute approximate surface area is 334 Å². The molecule has 266 valence electrons. The molecule has 0 radical (unpaired) electrons. The smallest absolute Gasteiger partial charge is 0.165 e. The highest BCUT2D eigenvalue weighted by atomic mass is 32.1. The van der Waals surface area contributed by atoms with Gasteiger partial charge in [-0.25, -0.2) is 15.0 Å². The molecule has 0 saturated heterocycles. The standard InChI is InChI=1S/C53H33N3S/c1-2-12-34(13-3-1)39-18-11-21-43(32-39)51-54-52(44-27-25-36-15-5-7-17-38(36)33-44)56-53(55-51)50-45(28-29-48-49(50)46-22-8-9-23-47(46)57-48)42-20-10-19-40(31-42)41-26-24-35-14-4-6-16-37(35)30-41/h1-33H. The third-order valence-corrected chi connectivity index (χ3v) is 12.0. The molecule has 9 aromatic carbocycles. The molecule has 11 rings (SSSR count). The molecule has 2 heterocycles. The van der Waals surface area contributed by atoms with E-state index in [9.17, 15) is 0 Å². The molecule has 0 aliphatic heterocycles. The van der Waals surface area contributed by atoms with Crippen LogP contribution < -0.4 is 0 Å². The van der Waals surface area contributed by atoms with E-state index in [-0.39, 0.29) is 0 Å². The first kappa shape index (κ1) is 33.1. The molecule has 57 heavy (non-hydrogen) atoms. The molecule has 0 bridgehead atoms. The lowest BCUT2D eigenvalue weighted by atomic mass is 9.92. The van der Waals surface area contributed by atoms with E-state index in [0.29, 0.717) is 17.5 Å². The van der Waals surface area contributed by atoms with Crippen LogP contribution in [0.1, 0.15) is 0 Å². The van der Waals surface area contributed by atoms with Crippen molar-refractivity contribution in [3.8, 4) is 67.5 Å². The number of thiophene rings is 1. The Bertz CT molecular complexity index is 3310. The highest BCUT2D eigenvalue weighted by Gasteiger charge is 2.22. The first-order chi connectivity index (χ1) is 28.2. The SMILES string of the molecule is c1ccc(-c2cccc(-c3nc(-c4ccc5ccccc5c4)nc(-c4c(-c5cccc(-c6ccc7ccccc7c6)c5)ccc5sc6ccccc6c45)n3)c2)cc1. The maximum Gasteiger partial charge on any atom is 0.165 e. The zero-order valence-electron chi connectivity index (χ0n) is 30.8. The summed E-state index contributed by atoms with van der Waals surface area (Å²) in [4.78, 5) is 16.1. The normalized spacial score (nSPS) is 11.5. The molecule has 0 N–H and O–H groups in total. The molecule has 3 nitrogen and oxygen atoms in total. The number of hydrogen-bond donors (Lipinski definition) is 0. The third-order valence-electron chi connectivity index (χ3n) is 10.9. The molecular weight excluding hydrogens is 711 g/mol. The average molecular weight is 744 g/mol. The zero-order valence-corrected chi connectivity index (χ0v) is 31.6. The van der Waals surface area contributed by atoms with E-state index >= 15 is 0 Å². The summed E-state index contributed by atoms with van der Waals surface area (Å²) >= 11 is 1.81. The Hall–Kier alpha value is -7.27. The van der Waals surface area contributed by atoms with Crippen LogP contribution in [-0.2, 0) is 0 Å². The lowest BCUT2D eigenvalue weighted by molar-refractivity contribution is 1.08. The summed E-state index contributed by atoms with van der Waals surface area (Å²) in [5.74, 6) is 1.92. The van der Waals surface area contributed by atoms with Gasteiger partial charge in [0, 0.05) is 36.9 Å². The van der Waals surface area contributed by atoms with Crippen LogP contribution in [-0.4, -0.2) is 15.0 Å². The van der Waals surface area contributed by atoms with Crippen molar-refractivity contribution in [1.82, 2.24) is 15.0 Å². The van der Waals surface area contributed by atoms with Gasteiger partial charge >= 0.3 is 0 Å². The second-order valence-corrected chi connectivity index (χ2v) is 15.5. The van der Waals surface area contributed by atoms with Gasteiger partial charge in [-0.3, -0.25) is 0 Å². The van der Waals surface area contributed by atoms with Crippen LogP contribution in [0.4, 0.5) is 0 Å². The van der Waals surface area contributed by atoms with Crippen LogP contribution in [0.25, 0.3) is 109 Å². The van der Waals surface area contributed by atoms with E-state index in [1.165, 1.54) is 36.5 Å². The topological polar surface area (TPSA) is 38.7 Å². The van der Waals surface area contributed by atoms with Crippen molar-refractivity contribution in [3.05, 3.63) is 200 Å². The van der Waals surface area contributed by atoms with Crippen LogP contribution in [0.3, 0.4) is 0 Å². The van der Waals surface area contributed by atoms with Crippen LogP contribution >= 0.6 is 11.3 Å². The predicted octanol–water partition coefficient (Wildman–Crippen LogP) is 14.5. The minimum absolute atomic E-state index is 0.633. The molecule has 0 atom stereocenters. The lowest BCUT2D eigenvalue weighted by Gasteiger charge is -2.15. The third kappa shape index (κ3) is 6.04. The van der Waals surface area contributed by atoms with Crippen molar-refractivity contribution in [2.45, 2.75) is 0 Å². The van der Waals surface area contributed by atoms with E-state index in [1.807, 2.05) is 6.07 Å². The summed E-state index contributed by atoms with van der Waals surface area (Å²) in [7, 11) is 0. The monoisotopic (exact) mass is 743 g/mol. The first-order valence-corrected chi connectivity index (χ1v) is 20.0. The Morgan fingerprint density at radius 2 is 0.807 bits per heavy atom. The minimum Gasteiger partial charge on any atom is -0.208 e. The number of benzene rings is 9. The van der Waals surface area contributed by atoms with Crippen LogP contribution in [0.5, 0.6) is 0 Å². The molecule has 4 heteroatoms. The van der Waals surface area contributed by atoms with Gasteiger partial charge in [-0.15, -0.1) is 11.3 Å². The van der Waals surface area contributed by atoms with Crippen molar-refractivity contribution < 1.29 is 0 Å². The minimum atomic E-state index is 0.633. The summed E-state index contributed by atoms with van der Waals surface area (Å²) in [6.07, 6.45) is 0. The van der Waals surface area contributed by atoms with Crippen molar-refractivity contribution in [3.63, 3.8) is 0 Å². The predicted molar refractivity (Wildman–Crippen MR) is 240 cm³/mol. The molecule has 0 aliphatic carbocycles. The van der Waals surface area contributed by atoms with E-state index < -0.39 is 0 Å². The number of aromatic nitrogens is 3. The van der Waals surface area contributed by atoms with Gasteiger partial charge in [-0.2, -0.15) is 0 Å². The molecular formula is C53H33N3S. The summed E-state index contributed by atoms with van der Waals surface area (Å²) in [6.45, 7) is 0. The van der Waals surface area contributed by atoms with Gasteiger partial charge in [0.15, 0.2) is 17.5 Å². The van der Waals surface area contributed by atoms with Gasteiger partial charge < -0.3 is 0 Å². The Morgan fingerprint density at radius 3 is 1.56 bits per heavy atom. The molecule has 0 spiro atoms. The number of fused-ring (bicyclic) bond motifs is 5. The zero-order chi connectivity index (χ0) is 37.7. The van der Waals surface area contributed by atoms with Crippen LogP contribution in [0.2, 0.25) is 0 Å². The largest absolute Gasteiger partial charge is 0.208 e. The van der Waals surface area contributed by atoms with Gasteiger partial charge in [0.1, 0.15) is 0 Å². The molecule has 11 aromatic rings.